The number of carbonyl (C=O) groups excluding carboxylic acids is 4. The van der Waals surface area contributed by atoms with Crippen LogP contribution in [0.4, 0.5) is 4.79 Å². The third-order valence-corrected chi connectivity index (χ3v) is 12.8. The maximum absolute atomic E-state index is 14.1. The van der Waals surface area contributed by atoms with E-state index in [-0.39, 0.29) is 5.57 Å². The van der Waals surface area contributed by atoms with Crippen LogP contribution in [0.2, 0.25) is 0 Å². The number of nitrogens with one attached hydrogen (secondary N) is 2. The molecule has 0 atom stereocenters. The van der Waals surface area contributed by atoms with E-state index in [1.54, 1.807) is 36.4 Å². The predicted octanol–water partition coefficient (Wildman–Crippen LogP) is 15.7. The molecule has 0 saturated carbocycles. The Morgan fingerprint density at radius 3 is 1.29 bits per heavy atom. The van der Waals surface area contributed by atoms with Gasteiger partial charge in [-0.25, -0.2) is 9.59 Å². The number of benzene rings is 3. The van der Waals surface area contributed by atoms with Crippen LogP contribution in [0.3, 0.4) is 0 Å². The molecule has 1 heterocycles. The highest BCUT2D eigenvalue weighted by molar-refractivity contribution is 6.31. The van der Waals surface area contributed by atoms with Crippen molar-refractivity contribution in [3.8, 4) is 23.0 Å². The van der Waals surface area contributed by atoms with Crippen LogP contribution in [0.1, 0.15) is 229 Å². The second-order valence-electron chi connectivity index (χ2n) is 18.8. The zero-order valence-corrected chi connectivity index (χ0v) is 42.3. The summed E-state index contributed by atoms with van der Waals surface area (Å²) < 4.78 is 25.6. The lowest BCUT2D eigenvalue weighted by molar-refractivity contribution is -0.123. The van der Waals surface area contributed by atoms with Crippen molar-refractivity contribution in [1.82, 2.24) is 10.6 Å². The number of amides is 4. The number of unbranched alkanes of at least 4 members (excludes halogenated alkanes) is 27. The largest absolute Gasteiger partial charge is 0.490 e. The number of hydrogen-bond donors (Lipinski definition) is 2. The summed E-state index contributed by atoms with van der Waals surface area (Å²) >= 11 is 0. The molecular weight excluding hydrogens is 853 g/mol. The quantitative estimate of drug-likeness (QED) is 0.0190. The van der Waals surface area contributed by atoms with Crippen molar-refractivity contribution < 1.29 is 38.1 Å². The third kappa shape index (κ3) is 22.1. The van der Waals surface area contributed by atoms with E-state index < -0.39 is 23.8 Å². The fourth-order valence-electron chi connectivity index (χ4n) is 8.69. The fraction of sp³-hybridized carbons (Fsp3) is 0.621. The third-order valence-electron chi connectivity index (χ3n) is 12.8. The van der Waals surface area contributed by atoms with Crippen LogP contribution in [-0.4, -0.2) is 43.6 Å². The normalized spacial score (nSPS) is 12.6. The van der Waals surface area contributed by atoms with E-state index in [1.807, 2.05) is 12.1 Å². The number of esters is 1. The molecule has 2 N–H and O–H groups in total. The highest BCUT2D eigenvalue weighted by Gasteiger charge is 2.28. The molecule has 0 spiro atoms. The number of barbiturate groups is 1. The van der Waals surface area contributed by atoms with Gasteiger partial charge < -0.3 is 18.9 Å². The summed E-state index contributed by atoms with van der Waals surface area (Å²) in [5, 5.41) is 5.80. The molecule has 0 aromatic heterocycles. The smallest absolute Gasteiger partial charge is 0.343 e. The van der Waals surface area contributed by atoms with Crippen LogP contribution in [0.25, 0.3) is 16.8 Å². The monoisotopic (exact) mass is 939 g/mol. The summed E-state index contributed by atoms with van der Waals surface area (Å²) in [6.45, 7) is 8.32. The van der Waals surface area contributed by atoms with E-state index >= 15 is 0 Å². The maximum atomic E-state index is 14.1. The number of rotatable bonds is 39. The molecule has 68 heavy (non-hydrogen) atoms. The lowest BCUT2D eigenvalue weighted by Gasteiger charge is -2.19. The van der Waals surface area contributed by atoms with E-state index in [0.717, 1.165) is 49.3 Å². The Hall–Kier alpha value is -4.86. The van der Waals surface area contributed by atoms with Gasteiger partial charge in [-0.3, -0.25) is 20.2 Å². The summed E-state index contributed by atoms with van der Waals surface area (Å²) in [6.07, 6.45) is 38.3. The molecule has 0 radical (unpaired) electrons. The number of fused-ring (bicyclic) bond motifs is 1. The molecule has 10 heteroatoms. The number of hydrogen-bond acceptors (Lipinski definition) is 8. The fourth-order valence-corrected chi connectivity index (χ4v) is 8.69. The van der Waals surface area contributed by atoms with Gasteiger partial charge >= 0.3 is 12.0 Å². The van der Waals surface area contributed by atoms with Crippen LogP contribution in [0.5, 0.6) is 23.0 Å². The molecule has 3 aromatic rings. The Labute approximate surface area is 409 Å². The molecule has 3 aromatic carbocycles. The molecule has 0 unspecified atom stereocenters. The van der Waals surface area contributed by atoms with Crippen molar-refractivity contribution in [2.75, 3.05) is 19.8 Å². The summed E-state index contributed by atoms with van der Waals surface area (Å²) in [6, 6.07) is 13.3. The van der Waals surface area contributed by atoms with Crippen molar-refractivity contribution in [2.24, 2.45) is 0 Å². The zero-order valence-electron chi connectivity index (χ0n) is 42.3. The van der Waals surface area contributed by atoms with Crippen molar-refractivity contribution >= 4 is 40.7 Å². The molecule has 0 aliphatic carbocycles. The van der Waals surface area contributed by atoms with E-state index in [2.05, 4.69) is 31.4 Å². The van der Waals surface area contributed by atoms with Crippen molar-refractivity contribution in [1.29, 1.82) is 0 Å². The summed E-state index contributed by atoms with van der Waals surface area (Å²) in [5.41, 5.74) is 0.687. The first-order chi connectivity index (χ1) is 33.3. The number of carbonyl (C=O) groups is 4. The molecule has 4 rings (SSSR count). The molecule has 0 bridgehead atoms. The van der Waals surface area contributed by atoms with Crippen molar-refractivity contribution in [3.63, 3.8) is 0 Å². The SMILES string of the molecule is CCCCCCCCCCCCOc1cc(C(=O)Oc2ccc3ccc(C=C4C(=O)NC(=O)NC4=O)cc3c2)cc(OCCCCCCCCCCCC)c1OCCCCCCCCCCCC. The van der Waals surface area contributed by atoms with E-state index in [1.165, 1.54) is 160 Å². The van der Waals surface area contributed by atoms with Gasteiger partial charge in [-0.1, -0.05) is 212 Å². The summed E-state index contributed by atoms with van der Waals surface area (Å²) in [5.74, 6) is -0.229. The standard InChI is InChI=1S/C58H86N2O8/c1-4-7-10-13-16-19-22-25-28-31-38-65-52-44-49(57(63)68-50-37-36-47-35-34-46(41-48(47)43-50)42-51-55(61)59-58(64)60-56(51)62)45-53(66-39-32-29-26-23-20-17-14-11-8-5-2)54(52)67-40-33-30-27-24-21-18-15-12-9-6-3/h34-37,41-45H,4-33,38-40H2,1-3H3,(H2,59,60,61,62,64). The number of ether oxygens (including phenoxy) is 4. The average molecular weight is 939 g/mol. The molecule has 1 aliphatic rings. The number of urea groups is 1. The van der Waals surface area contributed by atoms with Gasteiger partial charge in [-0.2, -0.15) is 0 Å². The summed E-state index contributed by atoms with van der Waals surface area (Å²) in [7, 11) is 0. The Morgan fingerprint density at radius 1 is 0.456 bits per heavy atom. The molecule has 1 saturated heterocycles. The summed E-state index contributed by atoms with van der Waals surface area (Å²) in [4.78, 5) is 50.4. The predicted molar refractivity (Wildman–Crippen MR) is 277 cm³/mol. The average Bonchev–Trinajstić information content (AvgIpc) is 3.33. The minimum atomic E-state index is -0.853. The first-order valence-electron chi connectivity index (χ1n) is 27.0. The van der Waals surface area contributed by atoms with Gasteiger partial charge in [0.1, 0.15) is 11.3 Å². The van der Waals surface area contributed by atoms with Crippen LogP contribution >= 0.6 is 0 Å². The van der Waals surface area contributed by atoms with E-state index in [0.29, 0.717) is 53.9 Å². The van der Waals surface area contributed by atoms with Gasteiger partial charge in [0.15, 0.2) is 11.5 Å². The second-order valence-corrected chi connectivity index (χ2v) is 18.8. The van der Waals surface area contributed by atoms with Gasteiger partial charge in [0.05, 0.1) is 25.4 Å². The van der Waals surface area contributed by atoms with Crippen LogP contribution in [-0.2, 0) is 9.59 Å². The van der Waals surface area contributed by atoms with Gasteiger partial charge in [-0.05, 0) is 72.0 Å². The van der Waals surface area contributed by atoms with Crippen LogP contribution < -0.4 is 29.6 Å². The van der Waals surface area contributed by atoms with Crippen LogP contribution in [0, 0.1) is 0 Å². The van der Waals surface area contributed by atoms with E-state index in [4.69, 9.17) is 18.9 Å². The lowest BCUT2D eigenvalue weighted by atomic mass is 10.0. The highest BCUT2D eigenvalue weighted by Crippen LogP contribution is 2.40. The molecule has 4 amide bonds. The molecule has 1 fully saturated rings. The molecule has 376 valence electrons. The first kappa shape index (κ1) is 55.7. The van der Waals surface area contributed by atoms with Crippen molar-refractivity contribution in [2.45, 2.75) is 213 Å². The topological polar surface area (TPSA) is 129 Å². The first-order valence-corrected chi connectivity index (χ1v) is 27.0. The van der Waals surface area contributed by atoms with E-state index in [9.17, 15) is 19.2 Å². The molecule has 1 aliphatic heterocycles. The van der Waals surface area contributed by atoms with Gasteiger partial charge in [0.25, 0.3) is 11.8 Å². The lowest BCUT2D eigenvalue weighted by Crippen LogP contribution is -2.51. The van der Waals surface area contributed by atoms with Crippen LogP contribution in [0.15, 0.2) is 54.1 Å². The van der Waals surface area contributed by atoms with Gasteiger partial charge in [0.2, 0.25) is 5.75 Å². The van der Waals surface area contributed by atoms with Crippen molar-refractivity contribution in [3.05, 3.63) is 65.2 Å². The Kier molecular flexibility index (Phi) is 28.2. The minimum Gasteiger partial charge on any atom is -0.490 e. The Balaban J connectivity index is 1.48. The second kappa shape index (κ2) is 34.4. The number of imide groups is 2. The highest BCUT2D eigenvalue weighted by atomic mass is 16.5. The van der Waals surface area contributed by atoms with Gasteiger partial charge in [-0.15, -0.1) is 0 Å². The maximum Gasteiger partial charge on any atom is 0.343 e. The molecular formula is C58H86N2O8. The molecule has 10 nitrogen and oxygen atoms in total. The Morgan fingerprint density at radius 2 is 0.853 bits per heavy atom. The Bertz CT molecular complexity index is 1910. The van der Waals surface area contributed by atoms with Gasteiger partial charge in [0, 0.05) is 0 Å². The minimum absolute atomic E-state index is 0.181. The zero-order chi connectivity index (χ0) is 48.4.